The number of hydrogen-bond donors (Lipinski definition) is 1. The number of aromatic amines is 1. The lowest BCUT2D eigenvalue weighted by molar-refractivity contribution is 0.0512. The first-order valence-electron chi connectivity index (χ1n) is 6.27. The van der Waals surface area contributed by atoms with E-state index in [-0.39, 0.29) is 11.9 Å². The standard InChI is InChI=1S/C14H15FN2O2S/c1-3-19-13(18)12-8-16-14(20)17(12)9(2)10-4-6-11(15)7-5-10/h4-9H,3H2,1-2H3,(H,16,20)/t9-/m1/s1. The zero-order valence-corrected chi connectivity index (χ0v) is 12.0. The van der Waals surface area contributed by atoms with Crippen LogP contribution in [0.3, 0.4) is 0 Å². The first kappa shape index (κ1) is 14.5. The molecule has 0 fully saturated rings. The molecule has 4 nitrogen and oxygen atoms in total. The van der Waals surface area contributed by atoms with Gasteiger partial charge in [-0.3, -0.25) is 0 Å². The van der Waals surface area contributed by atoms with Crippen molar-refractivity contribution in [2.45, 2.75) is 19.9 Å². The Hall–Kier alpha value is -1.95. The van der Waals surface area contributed by atoms with Crippen LogP contribution in [0.5, 0.6) is 0 Å². The normalized spacial score (nSPS) is 12.2. The molecule has 0 unspecified atom stereocenters. The molecule has 20 heavy (non-hydrogen) atoms. The Balaban J connectivity index is 2.41. The van der Waals surface area contributed by atoms with E-state index < -0.39 is 5.97 Å². The maximum atomic E-state index is 13.0. The van der Waals surface area contributed by atoms with Gasteiger partial charge in [0.15, 0.2) is 4.77 Å². The fraction of sp³-hybridized carbons (Fsp3) is 0.286. The minimum atomic E-state index is -0.436. The van der Waals surface area contributed by atoms with Gasteiger partial charge in [0.25, 0.3) is 0 Å². The van der Waals surface area contributed by atoms with Gasteiger partial charge in [-0.25, -0.2) is 9.18 Å². The van der Waals surface area contributed by atoms with Gasteiger partial charge < -0.3 is 14.3 Å². The number of hydrogen-bond acceptors (Lipinski definition) is 3. The average Bonchev–Trinajstić information content (AvgIpc) is 2.81. The summed E-state index contributed by atoms with van der Waals surface area (Å²) >= 11 is 5.20. The lowest BCUT2D eigenvalue weighted by atomic mass is 10.1. The number of imidazole rings is 1. The second-order valence-corrected chi connectivity index (χ2v) is 4.68. The minimum absolute atomic E-state index is 0.200. The van der Waals surface area contributed by atoms with Gasteiger partial charge in [0, 0.05) is 6.20 Å². The van der Waals surface area contributed by atoms with E-state index in [2.05, 4.69) is 4.98 Å². The van der Waals surface area contributed by atoms with Gasteiger partial charge in [0.2, 0.25) is 0 Å². The summed E-state index contributed by atoms with van der Waals surface area (Å²) < 4.78 is 20.1. The van der Waals surface area contributed by atoms with E-state index in [1.165, 1.54) is 18.3 Å². The molecule has 2 aromatic rings. The van der Waals surface area contributed by atoms with Gasteiger partial charge in [-0.15, -0.1) is 0 Å². The maximum Gasteiger partial charge on any atom is 0.356 e. The Morgan fingerprint density at radius 2 is 2.10 bits per heavy atom. The quantitative estimate of drug-likeness (QED) is 0.694. The molecule has 0 amide bonds. The van der Waals surface area contributed by atoms with E-state index in [0.717, 1.165) is 5.56 Å². The average molecular weight is 294 g/mol. The summed E-state index contributed by atoms with van der Waals surface area (Å²) in [6.45, 7) is 3.92. The van der Waals surface area contributed by atoms with Gasteiger partial charge in [-0.2, -0.15) is 0 Å². The molecule has 0 aliphatic rings. The van der Waals surface area contributed by atoms with E-state index in [9.17, 15) is 9.18 Å². The highest BCUT2D eigenvalue weighted by Crippen LogP contribution is 2.21. The van der Waals surface area contributed by atoms with Crippen LogP contribution in [0.25, 0.3) is 0 Å². The number of nitrogens with one attached hydrogen (secondary N) is 1. The first-order chi connectivity index (χ1) is 9.54. The molecule has 1 aromatic carbocycles. The van der Waals surface area contributed by atoms with Crippen molar-refractivity contribution < 1.29 is 13.9 Å². The maximum absolute atomic E-state index is 13.0. The number of rotatable bonds is 4. The molecule has 1 atom stereocenters. The van der Waals surface area contributed by atoms with Crippen molar-refractivity contribution >= 4 is 18.2 Å². The Labute approximate surface area is 121 Å². The van der Waals surface area contributed by atoms with Crippen LogP contribution in [0.1, 0.15) is 35.9 Å². The third kappa shape index (κ3) is 2.80. The Bertz CT molecular complexity index is 661. The summed E-state index contributed by atoms with van der Waals surface area (Å²) in [5, 5.41) is 0. The van der Waals surface area contributed by atoms with E-state index in [1.54, 1.807) is 23.6 Å². The van der Waals surface area contributed by atoms with Crippen molar-refractivity contribution in [3.8, 4) is 0 Å². The smallest absolute Gasteiger partial charge is 0.356 e. The van der Waals surface area contributed by atoms with Crippen LogP contribution in [0.15, 0.2) is 30.5 Å². The van der Waals surface area contributed by atoms with Crippen LogP contribution in [0.2, 0.25) is 0 Å². The van der Waals surface area contributed by atoms with Crippen LogP contribution in [0, 0.1) is 10.6 Å². The van der Waals surface area contributed by atoms with E-state index >= 15 is 0 Å². The predicted octanol–water partition coefficient (Wildman–Crippen LogP) is 3.47. The van der Waals surface area contributed by atoms with E-state index in [1.807, 2.05) is 6.92 Å². The molecule has 0 spiro atoms. The number of carbonyl (C=O) groups is 1. The zero-order valence-electron chi connectivity index (χ0n) is 11.2. The molecule has 0 aliphatic carbocycles. The van der Waals surface area contributed by atoms with Crippen LogP contribution >= 0.6 is 12.2 Å². The van der Waals surface area contributed by atoms with E-state index in [4.69, 9.17) is 17.0 Å². The molecule has 0 saturated carbocycles. The van der Waals surface area contributed by atoms with Gasteiger partial charge in [0.05, 0.1) is 12.6 Å². The van der Waals surface area contributed by atoms with Crippen LogP contribution in [0.4, 0.5) is 4.39 Å². The highest BCUT2D eigenvalue weighted by atomic mass is 32.1. The summed E-state index contributed by atoms with van der Waals surface area (Å²) in [4.78, 5) is 14.7. The molecule has 106 valence electrons. The molecule has 1 N–H and O–H groups in total. The monoisotopic (exact) mass is 294 g/mol. The number of nitrogens with zero attached hydrogens (tertiary/aromatic N) is 1. The molecular formula is C14H15FN2O2S. The van der Waals surface area contributed by atoms with Gasteiger partial charge in [-0.1, -0.05) is 12.1 Å². The topological polar surface area (TPSA) is 47.0 Å². The highest BCUT2D eigenvalue weighted by Gasteiger charge is 2.19. The zero-order chi connectivity index (χ0) is 14.7. The lowest BCUT2D eigenvalue weighted by Gasteiger charge is -2.16. The second-order valence-electron chi connectivity index (χ2n) is 4.30. The van der Waals surface area contributed by atoms with Crippen molar-refractivity contribution in [3.05, 3.63) is 52.3 Å². The molecule has 1 heterocycles. The van der Waals surface area contributed by atoms with Gasteiger partial charge in [0.1, 0.15) is 11.5 Å². The van der Waals surface area contributed by atoms with Crippen molar-refractivity contribution in [2.24, 2.45) is 0 Å². The van der Waals surface area contributed by atoms with Crippen molar-refractivity contribution in [1.29, 1.82) is 0 Å². The minimum Gasteiger partial charge on any atom is -0.461 e. The van der Waals surface area contributed by atoms with E-state index in [0.29, 0.717) is 17.1 Å². The molecule has 0 aliphatic heterocycles. The van der Waals surface area contributed by atoms with Crippen LogP contribution < -0.4 is 0 Å². The number of halogens is 1. The molecule has 6 heteroatoms. The molecule has 2 rings (SSSR count). The van der Waals surface area contributed by atoms with Crippen molar-refractivity contribution in [1.82, 2.24) is 9.55 Å². The van der Waals surface area contributed by atoms with Gasteiger partial charge >= 0.3 is 5.97 Å². The predicted molar refractivity (Wildman–Crippen MR) is 75.8 cm³/mol. The number of benzene rings is 1. The second kappa shape index (κ2) is 6.00. The fourth-order valence-corrected chi connectivity index (χ4v) is 2.33. The third-order valence-corrected chi connectivity index (χ3v) is 3.35. The Kier molecular flexibility index (Phi) is 4.34. The Morgan fingerprint density at radius 1 is 1.45 bits per heavy atom. The largest absolute Gasteiger partial charge is 0.461 e. The van der Waals surface area contributed by atoms with Crippen LogP contribution in [-0.2, 0) is 4.74 Å². The highest BCUT2D eigenvalue weighted by molar-refractivity contribution is 7.71. The molecular weight excluding hydrogens is 279 g/mol. The molecule has 1 aromatic heterocycles. The van der Waals surface area contributed by atoms with Crippen molar-refractivity contribution in [3.63, 3.8) is 0 Å². The molecule has 0 saturated heterocycles. The van der Waals surface area contributed by atoms with Crippen LogP contribution in [-0.4, -0.2) is 22.1 Å². The summed E-state index contributed by atoms with van der Waals surface area (Å²) in [7, 11) is 0. The Morgan fingerprint density at radius 3 is 2.70 bits per heavy atom. The summed E-state index contributed by atoms with van der Waals surface area (Å²) in [6.07, 6.45) is 1.53. The third-order valence-electron chi connectivity index (χ3n) is 3.03. The summed E-state index contributed by atoms with van der Waals surface area (Å²) in [6, 6.07) is 5.90. The number of aromatic nitrogens is 2. The number of ether oxygens (including phenoxy) is 1. The number of H-pyrrole nitrogens is 1. The van der Waals surface area contributed by atoms with Gasteiger partial charge in [-0.05, 0) is 43.8 Å². The fourth-order valence-electron chi connectivity index (χ4n) is 2.02. The summed E-state index contributed by atoms with van der Waals surface area (Å²) in [5.74, 6) is -0.738. The number of carbonyl (C=O) groups excluding carboxylic acids is 1. The first-order valence-corrected chi connectivity index (χ1v) is 6.68. The lowest BCUT2D eigenvalue weighted by Crippen LogP contribution is -2.16. The SMILES string of the molecule is CCOC(=O)c1c[nH]c(=S)n1[C@H](C)c1ccc(F)cc1. The number of esters is 1. The molecule has 0 bridgehead atoms. The molecule has 0 radical (unpaired) electrons. The summed E-state index contributed by atoms with van der Waals surface area (Å²) in [5.41, 5.74) is 1.21. The van der Waals surface area contributed by atoms with Crippen molar-refractivity contribution in [2.75, 3.05) is 6.61 Å².